The molecule has 1 saturated heterocycles. The van der Waals surface area contributed by atoms with Gasteiger partial charge in [-0.1, -0.05) is 39.8 Å². The third-order valence-electron chi connectivity index (χ3n) is 10.9. The minimum absolute atomic E-state index is 0.0492. The van der Waals surface area contributed by atoms with Crippen LogP contribution < -0.4 is 48.7 Å². The first-order chi connectivity index (χ1) is 31.6. The molecule has 0 bridgehead atoms. The van der Waals surface area contributed by atoms with Crippen LogP contribution in [0.15, 0.2) is 41.8 Å². The van der Waals surface area contributed by atoms with E-state index in [1.807, 2.05) is 0 Å². The van der Waals surface area contributed by atoms with Gasteiger partial charge in [0.05, 0.1) is 19.0 Å². The average Bonchev–Trinajstić information content (AvgIpc) is 3.97. The first-order valence-electron chi connectivity index (χ1n) is 22.1. The Morgan fingerprint density at radius 1 is 0.806 bits per heavy atom. The molecule has 2 heterocycles. The predicted octanol–water partition coefficient (Wildman–Crippen LogP) is -3.15. The smallest absolute Gasteiger partial charge is 0.328 e. The van der Waals surface area contributed by atoms with Gasteiger partial charge in [-0.15, -0.1) is 0 Å². The van der Waals surface area contributed by atoms with Gasteiger partial charge in [0, 0.05) is 37.8 Å². The van der Waals surface area contributed by atoms with Gasteiger partial charge in [0.1, 0.15) is 42.0 Å². The number of nitrogens with one attached hydrogen (secondary N) is 8. The number of phenolic OH excluding ortho intramolecular Hbond substituents is 1. The summed E-state index contributed by atoms with van der Waals surface area (Å²) in [5.41, 5.74) is 11.8. The number of aliphatic hydroxyl groups excluding tert-OH is 1. The van der Waals surface area contributed by atoms with E-state index in [9.17, 15) is 53.7 Å². The van der Waals surface area contributed by atoms with E-state index in [1.54, 1.807) is 46.9 Å². The molecule has 1 fully saturated rings. The van der Waals surface area contributed by atoms with Crippen LogP contribution in [0.5, 0.6) is 5.75 Å². The third kappa shape index (κ3) is 17.2. The predicted molar refractivity (Wildman–Crippen MR) is 243 cm³/mol. The highest BCUT2D eigenvalue weighted by molar-refractivity contribution is 5.98. The number of nitrogens with two attached hydrogens (primary N) is 2. The first-order valence-corrected chi connectivity index (χ1v) is 22.1. The number of H-pyrrole nitrogens is 1. The summed E-state index contributed by atoms with van der Waals surface area (Å²) in [5.74, 6) is -7.76. The number of rotatable bonds is 26. The van der Waals surface area contributed by atoms with Crippen molar-refractivity contribution in [3.05, 3.63) is 48.0 Å². The fourth-order valence-electron chi connectivity index (χ4n) is 7.31. The van der Waals surface area contributed by atoms with Crippen molar-refractivity contribution in [3.8, 4) is 5.75 Å². The van der Waals surface area contributed by atoms with E-state index in [0.29, 0.717) is 24.1 Å². The van der Waals surface area contributed by atoms with Crippen LogP contribution in [0.25, 0.3) is 0 Å². The summed E-state index contributed by atoms with van der Waals surface area (Å²) >= 11 is 0. The highest BCUT2D eigenvalue weighted by Crippen LogP contribution is 2.21. The Balaban J connectivity index is 1.89. The van der Waals surface area contributed by atoms with E-state index in [2.05, 4.69) is 52.2 Å². The number of carboxylic acid groups (broad SMARTS) is 1. The number of amides is 7. The largest absolute Gasteiger partial charge is 0.508 e. The number of hydrogen-bond acceptors (Lipinski definition) is 13. The van der Waals surface area contributed by atoms with Crippen LogP contribution in [0.2, 0.25) is 0 Å². The second-order valence-electron chi connectivity index (χ2n) is 17.1. The third-order valence-corrected chi connectivity index (χ3v) is 10.9. The van der Waals surface area contributed by atoms with E-state index < -0.39 is 108 Å². The number of aromatic amines is 1. The maximum Gasteiger partial charge on any atom is 0.328 e. The molecule has 0 aliphatic carbocycles. The molecule has 15 N–H and O–H groups in total. The van der Waals surface area contributed by atoms with Crippen molar-refractivity contribution in [1.29, 1.82) is 0 Å². The van der Waals surface area contributed by atoms with Gasteiger partial charge in [-0.05, 0) is 69.2 Å². The Kier molecular flexibility index (Phi) is 21.4. The number of carbonyl (C=O) groups excluding carboxylic acids is 7. The molecule has 67 heavy (non-hydrogen) atoms. The summed E-state index contributed by atoms with van der Waals surface area (Å²) in [6.45, 7) is 8.04. The van der Waals surface area contributed by atoms with Crippen LogP contribution in [0.3, 0.4) is 0 Å². The minimum atomic E-state index is -1.63. The molecule has 1 aliphatic heterocycles. The normalized spacial score (nSPS) is 16.6. The SMILES string of the molecule is CNCC(=O)N[C@@H](CCCN=C(N)N)C(=O)N[C@H](C(=O)N[C@@H](Cc1ccc(O)cc1)C(=O)N[C@H](C(=O)N[C@@H](Cc1cnc[nH]1)C(=O)N1CCC[C@H]1C(=O)N[C@H](C(=O)O)[C@@H](C)O)C(C)C)C(C)C. The zero-order valence-electron chi connectivity index (χ0n) is 38.7. The van der Waals surface area contributed by atoms with Crippen molar-refractivity contribution in [2.75, 3.05) is 26.7 Å². The molecule has 0 radical (unpaired) electrons. The number of aromatic hydroxyl groups is 1. The van der Waals surface area contributed by atoms with Crippen LogP contribution in [0, 0.1) is 11.8 Å². The van der Waals surface area contributed by atoms with Gasteiger partial charge in [-0.25, -0.2) is 9.78 Å². The van der Waals surface area contributed by atoms with Crippen molar-refractivity contribution in [3.63, 3.8) is 0 Å². The number of guanidine groups is 1. The maximum absolute atomic E-state index is 14.3. The molecule has 1 aromatic carbocycles. The van der Waals surface area contributed by atoms with Crippen LogP contribution >= 0.6 is 0 Å². The lowest BCUT2D eigenvalue weighted by Gasteiger charge is -2.31. The summed E-state index contributed by atoms with van der Waals surface area (Å²) in [7, 11) is 1.56. The van der Waals surface area contributed by atoms with E-state index in [0.717, 1.165) is 0 Å². The molecular formula is C43H67N13O11. The standard InChI is InChI=1S/C43H67N13O11/c1-22(2)33(53-36(60)28(50-32(59)20-46-6)9-7-15-48-43(44)45)39(63)51-29(17-25-11-13-27(58)14-12-25)37(61)54-34(23(3)4)40(64)52-30(18-26-19-47-21-49-26)41(65)56-16-8-10-31(56)38(62)55-35(24(5)57)42(66)67/h11-14,19,21-24,28-31,33-35,46,57-58H,7-10,15-18,20H2,1-6H3,(H,47,49)(H,50,59)(H,51,63)(H,52,64)(H,53,60)(H,54,61)(H,55,62)(H,66,67)(H4,44,45,48)/t24-,28+,29+,30+,31+,33+,34+,35+/m1/s1. The van der Waals surface area contributed by atoms with Crippen molar-refractivity contribution >= 4 is 53.3 Å². The number of aliphatic carboxylic acids is 1. The molecule has 2 aromatic rings. The van der Waals surface area contributed by atoms with Gasteiger partial charge < -0.3 is 73.9 Å². The van der Waals surface area contributed by atoms with E-state index in [1.165, 1.54) is 36.5 Å². The Morgan fingerprint density at radius 3 is 1.93 bits per heavy atom. The topological polar surface area (TPSA) is 378 Å². The molecule has 7 amide bonds. The average molecular weight is 942 g/mol. The van der Waals surface area contributed by atoms with Crippen molar-refractivity contribution in [1.82, 2.24) is 52.1 Å². The number of aliphatic imine (C=N–C) groups is 1. The molecule has 370 valence electrons. The van der Waals surface area contributed by atoms with Crippen LogP contribution in [0.1, 0.15) is 71.6 Å². The first kappa shape index (κ1) is 54.5. The zero-order chi connectivity index (χ0) is 50.0. The highest BCUT2D eigenvalue weighted by atomic mass is 16.4. The van der Waals surface area contributed by atoms with E-state index in [-0.39, 0.29) is 57.0 Å². The highest BCUT2D eigenvalue weighted by Gasteiger charge is 2.41. The summed E-state index contributed by atoms with van der Waals surface area (Å²) in [5, 5.41) is 47.9. The molecule has 1 aromatic heterocycles. The van der Waals surface area contributed by atoms with E-state index >= 15 is 0 Å². The number of nitrogens with zero attached hydrogens (tertiary/aromatic N) is 3. The number of carbonyl (C=O) groups is 8. The molecule has 24 nitrogen and oxygen atoms in total. The van der Waals surface area contributed by atoms with Crippen molar-refractivity contribution in [2.45, 2.75) is 122 Å². The molecule has 0 spiro atoms. The quantitative estimate of drug-likeness (QED) is 0.0252. The number of phenols is 1. The number of carboxylic acids is 1. The lowest BCUT2D eigenvalue weighted by atomic mass is 9.98. The second kappa shape index (κ2) is 26.4. The molecule has 3 rings (SSSR count). The molecule has 0 saturated carbocycles. The maximum atomic E-state index is 14.3. The number of aliphatic hydroxyl groups is 1. The Morgan fingerprint density at radius 2 is 1.40 bits per heavy atom. The fourth-order valence-corrected chi connectivity index (χ4v) is 7.31. The number of hydrogen-bond donors (Lipinski definition) is 13. The Hall–Kier alpha value is -6.82. The summed E-state index contributed by atoms with van der Waals surface area (Å²) < 4.78 is 0. The van der Waals surface area contributed by atoms with Gasteiger partial charge in [-0.3, -0.25) is 38.6 Å². The summed E-state index contributed by atoms with van der Waals surface area (Å²) in [6.07, 6.45) is 2.14. The van der Waals surface area contributed by atoms with Crippen LogP contribution in [0.4, 0.5) is 0 Å². The minimum Gasteiger partial charge on any atom is -0.508 e. The lowest BCUT2D eigenvalue weighted by molar-refractivity contribution is -0.147. The Labute approximate surface area is 388 Å². The molecule has 0 unspecified atom stereocenters. The lowest BCUT2D eigenvalue weighted by Crippen LogP contribution is -2.62. The Bertz CT molecular complexity index is 2030. The van der Waals surface area contributed by atoms with Crippen molar-refractivity contribution < 1.29 is 53.7 Å². The summed E-state index contributed by atoms with van der Waals surface area (Å²) in [4.78, 5) is 120. The van der Waals surface area contributed by atoms with Gasteiger partial charge in [0.2, 0.25) is 41.4 Å². The summed E-state index contributed by atoms with van der Waals surface area (Å²) in [6, 6.07) is -3.15. The van der Waals surface area contributed by atoms with Gasteiger partial charge in [0.25, 0.3) is 0 Å². The van der Waals surface area contributed by atoms with E-state index in [4.69, 9.17) is 11.5 Å². The van der Waals surface area contributed by atoms with Crippen LogP contribution in [-0.4, -0.2) is 159 Å². The van der Waals surface area contributed by atoms with Crippen LogP contribution in [-0.2, 0) is 51.2 Å². The van der Waals surface area contributed by atoms with Gasteiger partial charge in [-0.2, -0.15) is 0 Å². The van der Waals surface area contributed by atoms with Gasteiger partial charge >= 0.3 is 5.97 Å². The number of benzene rings is 1. The second-order valence-corrected chi connectivity index (χ2v) is 17.1. The van der Waals surface area contributed by atoms with Crippen molar-refractivity contribution in [2.24, 2.45) is 28.3 Å². The number of aromatic nitrogens is 2. The molecule has 24 heteroatoms. The fraction of sp³-hybridized carbons (Fsp3) is 0.581. The molecule has 1 aliphatic rings. The zero-order valence-corrected chi connectivity index (χ0v) is 38.7. The number of likely N-dealkylation sites (tertiary alicyclic amines) is 1. The monoisotopic (exact) mass is 942 g/mol. The van der Waals surface area contributed by atoms with Gasteiger partial charge in [0.15, 0.2) is 12.0 Å². The number of imidazole rings is 1. The molecule has 8 atom stereocenters. The molecular weight excluding hydrogens is 875 g/mol. The number of likely N-dealkylation sites (N-methyl/N-ethyl adjacent to an activating group) is 1.